The molecule has 0 radical (unpaired) electrons. The molecule has 0 aliphatic heterocycles. The van der Waals surface area contributed by atoms with E-state index in [1.165, 1.54) is 6.33 Å². The van der Waals surface area contributed by atoms with Gasteiger partial charge in [0.15, 0.2) is 17.3 Å². The molecule has 102 valence electrons. The molecular formula is C12H13Br2N3O2. The fourth-order valence-corrected chi connectivity index (χ4v) is 2.51. The zero-order chi connectivity index (χ0) is 13.8. The highest BCUT2D eigenvalue weighted by atomic mass is 79.9. The predicted octanol–water partition coefficient (Wildman–Crippen LogP) is 3.06. The van der Waals surface area contributed by atoms with E-state index in [2.05, 4.69) is 41.9 Å². The van der Waals surface area contributed by atoms with Crippen LogP contribution in [0.1, 0.15) is 11.4 Å². The molecule has 19 heavy (non-hydrogen) atoms. The van der Waals surface area contributed by atoms with Crippen LogP contribution in [0.3, 0.4) is 0 Å². The van der Waals surface area contributed by atoms with E-state index >= 15 is 0 Å². The van der Waals surface area contributed by atoms with Crippen molar-refractivity contribution in [3.05, 3.63) is 34.3 Å². The lowest BCUT2D eigenvalue weighted by atomic mass is 10.2. The Morgan fingerprint density at radius 1 is 1.37 bits per heavy atom. The monoisotopic (exact) mass is 389 g/mol. The fourth-order valence-electron chi connectivity index (χ4n) is 1.58. The molecule has 0 fully saturated rings. The highest BCUT2D eigenvalue weighted by Gasteiger charge is 2.12. The van der Waals surface area contributed by atoms with Gasteiger partial charge < -0.3 is 9.47 Å². The topological polar surface area (TPSA) is 49.2 Å². The molecule has 1 aromatic carbocycles. The van der Waals surface area contributed by atoms with Gasteiger partial charge in [-0.15, -0.1) is 0 Å². The first kappa shape index (κ1) is 14.3. The number of hydrogen-bond acceptors (Lipinski definition) is 4. The summed E-state index contributed by atoms with van der Waals surface area (Å²) in [5.41, 5.74) is 1.11. The average molecular weight is 391 g/mol. The Kier molecular flexibility index (Phi) is 4.81. The van der Waals surface area contributed by atoms with Crippen LogP contribution in [-0.4, -0.2) is 21.9 Å². The summed E-state index contributed by atoms with van der Waals surface area (Å²) in [6.45, 7) is 0.332. The molecule has 0 amide bonds. The largest absolute Gasteiger partial charge is 0.493 e. The van der Waals surface area contributed by atoms with Gasteiger partial charge in [-0.2, -0.15) is 5.10 Å². The lowest BCUT2D eigenvalue weighted by Crippen LogP contribution is -2.05. The van der Waals surface area contributed by atoms with Crippen molar-refractivity contribution in [2.75, 3.05) is 7.11 Å². The third kappa shape index (κ3) is 3.27. The molecule has 0 spiro atoms. The quantitative estimate of drug-likeness (QED) is 0.736. The summed E-state index contributed by atoms with van der Waals surface area (Å²) in [5.74, 6) is 2.10. The Hall–Kier alpha value is -1.08. The first-order valence-corrected chi connectivity index (χ1v) is 7.45. The Bertz CT molecular complexity index is 572. The van der Waals surface area contributed by atoms with Crippen molar-refractivity contribution in [3.63, 3.8) is 0 Å². The van der Waals surface area contributed by atoms with Gasteiger partial charge in [-0.25, -0.2) is 4.98 Å². The minimum absolute atomic E-state index is 0.332. The van der Waals surface area contributed by atoms with Crippen LogP contribution in [0.15, 0.2) is 22.9 Å². The van der Waals surface area contributed by atoms with Crippen LogP contribution < -0.4 is 9.47 Å². The van der Waals surface area contributed by atoms with Gasteiger partial charge in [0.25, 0.3) is 0 Å². The molecule has 0 atom stereocenters. The summed E-state index contributed by atoms with van der Waals surface area (Å²) >= 11 is 6.91. The van der Waals surface area contributed by atoms with Gasteiger partial charge in [0.05, 0.1) is 11.6 Å². The van der Waals surface area contributed by atoms with E-state index in [0.717, 1.165) is 21.2 Å². The summed E-state index contributed by atoms with van der Waals surface area (Å²) in [5, 5.41) is 4.75. The van der Waals surface area contributed by atoms with Crippen LogP contribution in [0.5, 0.6) is 11.5 Å². The molecule has 2 aromatic rings. The molecule has 0 saturated carbocycles. The molecule has 2 rings (SSSR count). The Labute approximate surface area is 128 Å². The maximum Gasteiger partial charge on any atom is 0.176 e. The normalized spacial score (nSPS) is 10.5. The van der Waals surface area contributed by atoms with Crippen LogP contribution in [0.25, 0.3) is 0 Å². The van der Waals surface area contributed by atoms with Crippen molar-refractivity contribution < 1.29 is 9.47 Å². The van der Waals surface area contributed by atoms with Crippen molar-refractivity contribution in [1.29, 1.82) is 0 Å². The smallest absolute Gasteiger partial charge is 0.176 e. The number of alkyl halides is 1. The van der Waals surface area contributed by atoms with Gasteiger partial charge in [-0.1, -0.05) is 15.9 Å². The first-order valence-electron chi connectivity index (χ1n) is 5.53. The number of methoxy groups -OCH3 is 1. The second-order valence-electron chi connectivity index (χ2n) is 3.83. The zero-order valence-electron chi connectivity index (χ0n) is 10.6. The Balaban J connectivity index is 2.22. The van der Waals surface area contributed by atoms with Gasteiger partial charge >= 0.3 is 0 Å². The lowest BCUT2D eigenvalue weighted by molar-refractivity contribution is 0.269. The van der Waals surface area contributed by atoms with E-state index in [-0.39, 0.29) is 0 Å². The van der Waals surface area contributed by atoms with Gasteiger partial charge in [0, 0.05) is 12.4 Å². The van der Waals surface area contributed by atoms with E-state index < -0.39 is 0 Å². The maximum atomic E-state index is 5.77. The number of aromatic nitrogens is 3. The number of nitrogens with zero attached hydrogens (tertiary/aromatic N) is 3. The van der Waals surface area contributed by atoms with Gasteiger partial charge in [-0.3, -0.25) is 4.68 Å². The van der Waals surface area contributed by atoms with Crippen molar-refractivity contribution in [2.24, 2.45) is 7.05 Å². The van der Waals surface area contributed by atoms with Crippen molar-refractivity contribution in [3.8, 4) is 11.5 Å². The maximum absolute atomic E-state index is 5.77. The van der Waals surface area contributed by atoms with Crippen LogP contribution in [0, 0.1) is 0 Å². The number of rotatable bonds is 5. The van der Waals surface area contributed by atoms with E-state index in [1.807, 2.05) is 19.2 Å². The second kappa shape index (κ2) is 6.38. The molecule has 1 heterocycles. The molecule has 0 unspecified atom stereocenters. The summed E-state index contributed by atoms with van der Waals surface area (Å²) < 4.78 is 13.6. The van der Waals surface area contributed by atoms with E-state index in [9.17, 15) is 0 Å². The minimum atomic E-state index is 0.332. The first-order chi connectivity index (χ1) is 9.15. The molecule has 1 aromatic heterocycles. The summed E-state index contributed by atoms with van der Waals surface area (Å²) in [4.78, 5) is 4.11. The van der Waals surface area contributed by atoms with Crippen LogP contribution in [0.2, 0.25) is 0 Å². The molecular weight excluding hydrogens is 378 g/mol. The highest BCUT2D eigenvalue weighted by molar-refractivity contribution is 9.10. The second-order valence-corrected chi connectivity index (χ2v) is 5.25. The van der Waals surface area contributed by atoms with E-state index in [0.29, 0.717) is 18.1 Å². The lowest BCUT2D eigenvalue weighted by Gasteiger charge is -2.13. The Morgan fingerprint density at radius 2 is 2.16 bits per heavy atom. The van der Waals surface area contributed by atoms with Crippen molar-refractivity contribution in [1.82, 2.24) is 14.8 Å². The summed E-state index contributed by atoms with van der Waals surface area (Å²) in [6.07, 6.45) is 1.50. The molecule has 0 bridgehead atoms. The fraction of sp³-hybridized carbons (Fsp3) is 0.333. The highest BCUT2D eigenvalue weighted by Crippen LogP contribution is 2.37. The van der Waals surface area contributed by atoms with E-state index in [1.54, 1.807) is 11.8 Å². The standard InChI is InChI=1S/C12H13Br2N3O2/c1-17-11(15-7-16-17)6-19-12-9(14)3-8(5-13)4-10(12)18-2/h3-4,7H,5-6H2,1-2H3. The summed E-state index contributed by atoms with van der Waals surface area (Å²) in [6, 6.07) is 3.93. The minimum Gasteiger partial charge on any atom is -0.493 e. The predicted molar refractivity (Wildman–Crippen MR) is 78.7 cm³/mol. The van der Waals surface area contributed by atoms with Gasteiger partial charge in [0.2, 0.25) is 0 Å². The summed E-state index contributed by atoms with van der Waals surface area (Å²) in [7, 11) is 3.45. The number of benzene rings is 1. The SMILES string of the molecule is COc1cc(CBr)cc(Br)c1OCc1ncnn1C. The molecule has 0 saturated heterocycles. The van der Waals surface area contributed by atoms with Crippen molar-refractivity contribution in [2.45, 2.75) is 11.9 Å². The average Bonchev–Trinajstić information content (AvgIpc) is 2.82. The Morgan fingerprint density at radius 3 is 2.74 bits per heavy atom. The number of aryl methyl sites for hydroxylation is 1. The third-order valence-corrected chi connectivity index (χ3v) is 3.83. The number of ether oxygens (including phenoxy) is 2. The van der Waals surface area contributed by atoms with Gasteiger partial charge in [0.1, 0.15) is 12.9 Å². The number of halogens is 2. The van der Waals surface area contributed by atoms with Gasteiger partial charge in [-0.05, 0) is 33.6 Å². The van der Waals surface area contributed by atoms with Crippen LogP contribution >= 0.6 is 31.9 Å². The molecule has 5 nitrogen and oxygen atoms in total. The molecule has 0 N–H and O–H groups in total. The van der Waals surface area contributed by atoms with Crippen LogP contribution in [0.4, 0.5) is 0 Å². The van der Waals surface area contributed by atoms with E-state index in [4.69, 9.17) is 9.47 Å². The van der Waals surface area contributed by atoms with Crippen LogP contribution in [-0.2, 0) is 19.0 Å². The third-order valence-electron chi connectivity index (χ3n) is 2.59. The number of hydrogen-bond donors (Lipinski definition) is 0. The molecule has 0 aliphatic rings. The van der Waals surface area contributed by atoms with Crippen molar-refractivity contribution >= 4 is 31.9 Å². The molecule has 0 aliphatic carbocycles. The zero-order valence-corrected chi connectivity index (χ0v) is 13.7. The molecule has 7 heteroatoms.